The van der Waals surface area contributed by atoms with Crippen LogP contribution in [0.15, 0.2) is 41.1 Å². The summed E-state index contributed by atoms with van der Waals surface area (Å²) in [5, 5.41) is 6.14. The Morgan fingerprint density at radius 1 is 1.33 bits per heavy atom. The summed E-state index contributed by atoms with van der Waals surface area (Å²) in [6.45, 7) is 4.87. The van der Waals surface area contributed by atoms with Crippen molar-refractivity contribution < 1.29 is 4.79 Å². The number of carbonyl (C=O) groups is 1. The molecule has 1 aromatic carbocycles. The summed E-state index contributed by atoms with van der Waals surface area (Å²) in [6.07, 6.45) is 4.29. The highest BCUT2D eigenvalue weighted by Crippen LogP contribution is 2.21. The molecule has 0 fully saturated rings. The molecule has 2 N–H and O–H groups in total. The first-order valence-corrected chi connectivity index (χ1v) is 7.66. The van der Waals surface area contributed by atoms with Crippen molar-refractivity contribution in [2.75, 3.05) is 17.2 Å². The number of rotatable bonds is 5. The lowest BCUT2D eigenvalue weighted by atomic mass is 10.2. The SMILES string of the molecule is CCCNc1cnccc1C(=O)Nc1cc(C)cc(Br)c1. The summed E-state index contributed by atoms with van der Waals surface area (Å²) < 4.78 is 0.942. The minimum Gasteiger partial charge on any atom is -0.383 e. The van der Waals surface area contributed by atoms with Gasteiger partial charge in [-0.15, -0.1) is 0 Å². The monoisotopic (exact) mass is 347 g/mol. The highest BCUT2D eigenvalue weighted by Gasteiger charge is 2.11. The van der Waals surface area contributed by atoms with E-state index in [1.807, 2.05) is 25.1 Å². The van der Waals surface area contributed by atoms with Crippen molar-refractivity contribution in [3.63, 3.8) is 0 Å². The summed E-state index contributed by atoms with van der Waals surface area (Å²) in [5.74, 6) is -0.145. The van der Waals surface area contributed by atoms with Gasteiger partial charge in [-0.1, -0.05) is 22.9 Å². The number of amides is 1. The number of hydrogen-bond donors (Lipinski definition) is 2. The van der Waals surface area contributed by atoms with Crippen LogP contribution in [0.3, 0.4) is 0 Å². The fraction of sp³-hybridized carbons (Fsp3) is 0.250. The molecule has 110 valence electrons. The zero-order valence-electron chi connectivity index (χ0n) is 12.1. The molecule has 0 saturated carbocycles. The summed E-state index contributed by atoms with van der Waals surface area (Å²) in [5.41, 5.74) is 3.20. The van der Waals surface area contributed by atoms with Crippen LogP contribution in [0.25, 0.3) is 0 Å². The molecule has 5 heteroatoms. The number of aromatic nitrogens is 1. The Morgan fingerprint density at radius 3 is 2.86 bits per heavy atom. The molecule has 0 aliphatic rings. The molecule has 21 heavy (non-hydrogen) atoms. The van der Waals surface area contributed by atoms with Gasteiger partial charge in [-0.05, 0) is 43.2 Å². The Morgan fingerprint density at radius 2 is 2.14 bits per heavy atom. The first kappa shape index (κ1) is 15.5. The second-order valence-corrected chi connectivity index (χ2v) is 5.74. The van der Waals surface area contributed by atoms with Gasteiger partial charge in [0.05, 0.1) is 17.4 Å². The number of nitrogens with one attached hydrogen (secondary N) is 2. The molecule has 0 bridgehead atoms. The molecule has 1 heterocycles. The van der Waals surface area contributed by atoms with Crippen LogP contribution in [-0.2, 0) is 0 Å². The molecule has 2 aromatic rings. The van der Waals surface area contributed by atoms with E-state index in [0.717, 1.165) is 34.4 Å². The second-order valence-electron chi connectivity index (χ2n) is 4.82. The maximum Gasteiger partial charge on any atom is 0.257 e. The molecule has 1 aromatic heterocycles. The van der Waals surface area contributed by atoms with Gasteiger partial charge in [0.25, 0.3) is 5.91 Å². The van der Waals surface area contributed by atoms with Crippen LogP contribution in [-0.4, -0.2) is 17.4 Å². The summed E-state index contributed by atoms with van der Waals surface area (Å²) in [7, 11) is 0. The molecule has 0 radical (unpaired) electrons. The Hall–Kier alpha value is -1.88. The molecule has 4 nitrogen and oxygen atoms in total. The van der Waals surface area contributed by atoms with Gasteiger partial charge in [-0.2, -0.15) is 0 Å². The number of pyridine rings is 1. The van der Waals surface area contributed by atoms with Crippen LogP contribution < -0.4 is 10.6 Å². The van der Waals surface area contributed by atoms with Gasteiger partial charge in [0.1, 0.15) is 0 Å². The van der Waals surface area contributed by atoms with Gasteiger partial charge in [0.2, 0.25) is 0 Å². The van der Waals surface area contributed by atoms with E-state index in [1.54, 1.807) is 18.5 Å². The maximum absolute atomic E-state index is 12.4. The maximum atomic E-state index is 12.4. The quantitative estimate of drug-likeness (QED) is 0.850. The van der Waals surface area contributed by atoms with E-state index in [1.165, 1.54) is 0 Å². The fourth-order valence-corrected chi connectivity index (χ4v) is 2.61. The zero-order valence-corrected chi connectivity index (χ0v) is 13.7. The van der Waals surface area contributed by atoms with E-state index >= 15 is 0 Å². The second kappa shape index (κ2) is 7.22. The van der Waals surface area contributed by atoms with Gasteiger partial charge in [0, 0.05) is 22.9 Å². The third-order valence-corrected chi connectivity index (χ3v) is 3.39. The molecule has 0 spiro atoms. The van der Waals surface area contributed by atoms with Gasteiger partial charge in [-0.25, -0.2) is 0 Å². The van der Waals surface area contributed by atoms with Crippen LogP contribution in [0.1, 0.15) is 29.3 Å². The lowest BCUT2D eigenvalue weighted by Gasteiger charge is -2.11. The number of anilines is 2. The number of halogens is 1. The van der Waals surface area contributed by atoms with Crippen LogP contribution in [0.5, 0.6) is 0 Å². The van der Waals surface area contributed by atoms with Crippen LogP contribution in [0.2, 0.25) is 0 Å². The van der Waals surface area contributed by atoms with Crippen molar-refractivity contribution in [1.29, 1.82) is 0 Å². The molecular formula is C16H18BrN3O. The van der Waals surface area contributed by atoms with Crippen molar-refractivity contribution >= 4 is 33.2 Å². The number of carbonyl (C=O) groups excluding carboxylic acids is 1. The summed E-state index contributed by atoms with van der Waals surface area (Å²) in [4.78, 5) is 16.5. The molecule has 2 rings (SSSR count). The molecular weight excluding hydrogens is 330 g/mol. The summed E-state index contributed by atoms with van der Waals surface area (Å²) in [6, 6.07) is 7.53. The van der Waals surface area contributed by atoms with E-state index in [4.69, 9.17) is 0 Å². The predicted octanol–water partition coefficient (Wildman–Crippen LogP) is 4.23. The highest BCUT2D eigenvalue weighted by molar-refractivity contribution is 9.10. The fourth-order valence-electron chi connectivity index (χ4n) is 2.00. The molecule has 0 atom stereocenters. The van der Waals surface area contributed by atoms with Gasteiger partial charge in [0.15, 0.2) is 0 Å². The lowest BCUT2D eigenvalue weighted by Crippen LogP contribution is -2.15. The highest BCUT2D eigenvalue weighted by atomic mass is 79.9. The third-order valence-electron chi connectivity index (χ3n) is 2.93. The molecule has 0 aliphatic heterocycles. The minimum absolute atomic E-state index is 0.145. The number of benzene rings is 1. The zero-order chi connectivity index (χ0) is 15.2. The molecule has 0 saturated heterocycles. The first-order chi connectivity index (χ1) is 10.1. The number of hydrogen-bond acceptors (Lipinski definition) is 3. The van der Waals surface area contributed by atoms with Crippen molar-refractivity contribution in [1.82, 2.24) is 4.98 Å². The topological polar surface area (TPSA) is 54.0 Å². The van der Waals surface area contributed by atoms with Gasteiger partial charge < -0.3 is 10.6 Å². The number of aryl methyl sites for hydroxylation is 1. The number of nitrogens with zero attached hydrogens (tertiary/aromatic N) is 1. The molecule has 0 aliphatic carbocycles. The Balaban J connectivity index is 2.20. The Bertz CT molecular complexity index is 623. The van der Waals surface area contributed by atoms with E-state index in [0.29, 0.717) is 5.56 Å². The van der Waals surface area contributed by atoms with Crippen molar-refractivity contribution in [3.05, 3.63) is 52.3 Å². The van der Waals surface area contributed by atoms with Gasteiger partial charge in [-0.3, -0.25) is 9.78 Å². The van der Waals surface area contributed by atoms with Crippen LogP contribution >= 0.6 is 15.9 Å². The van der Waals surface area contributed by atoms with E-state index in [9.17, 15) is 4.79 Å². The van der Waals surface area contributed by atoms with Crippen molar-refractivity contribution in [2.45, 2.75) is 20.3 Å². The lowest BCUT2D eigenvalue weighted by molar-refractivity contribution is 0.102. The summed E-state index contributed by atoms with van der Waals surface area (Å²) >= 11 is 3.43. The smallest absolute Gasteiger partial charge is 0.257 e. The average molecular weight is 348 g/mol. The predicted molar refractivity (Wildman–Crippen MR) is 89.8 cm³/mol. The average Bonchev–Trinajstić information content (AvgIpc) is 2.44. The van der Waals surface area contributed by atoms with Crippen molar-refractivity contribution in [3.8, 4) is 0 Å². The standard InChI is InChI=1S/C16H18BrN3O/c1-3-5-19-15-10-18-6-4-14(15)16(21)20-13-8-11(2)7-12(17)9-13/h4,6-10,19H,3,5H2,1-2H3,(H,20,21). The van der Waals surface area contributed by atoms with Crippen molar-refractivity contribution in [2.24, 2.45) is 0 Å². The van der Waals surface area contributed by atoms with E-state index in [2.05, 4.69) is 38.5 Å². The van der Waals surface area contributed by atoms with E-state index in [-0.39, 0.29) is 5.91 Å². The first-order valence-electron chi connectivity index (χ1n) is 6.86. The van der Waals surface area contributed by atoms with Crippen LogP contribution in [0.4, 0.5) is 11.4 Å². The molecule has 0 unspecified atom stereocenters. The largest absolute Gasteiger partial charge is 0.383 e. The Labute approximate surface area is 133 Å². The van der Waals surface area contributed by atoms with Crippen LogP contribution in [0, 0.1) is 6.92 Å². The van der Waals surface area contributed by atoms with Gasteiger partial charge >= 0.3 is 0 Å². The minimum atomic E-state index is -0.145. The van der Waals surface area contributed by atoms with E-state index < -0.39 is 0 Å². The Kier molecular flexibility index (Phi) is 5.33. The third kappa shape index (κ3) is 4.29. The normalized spacial score (nSPS) is 10.2. The molecule has 1 amide bonds.